The van der Waals surface area contributed by atoms with Gasteiger partial charge in [0, 0.05) is 20.1 Å². The number of aliphatic carboxylic acids is 1. The Morgan fingerprint density at radius 2 is 2.38 bits per heavy atom. The number of carboxylic acids is 1. The SMILES string of the molecule is CN(C(=O)N1Cc2[nH]cnc2CC1C(=O)O)C1CCOC1. The number of nitrogens with zero attached hydrogens (tertiary/aromatic N) is 3. The molecule has 21 heavy (non-hydrogen) atoms. The van der Waals surface area contributed by atoms with E-state index in [0.717, 1.165) is 17.8 Å². The second-order valence-corrected chi connectivity index (χ2v) is 5.42. The van der Waals surface area contributed by atoms with Crippen LogP contribution in [-0.4, -0.2) is 69.2 Å². The lowest BCUT2D eigenvalue weighted by Gasteiger charge is -2.36. The van der Waals surface area contributed by atoms with Crippen molar-refractivity contribution in [3.8, 4) is 0 Å². The van der Waals surface area contributed by atoms with Crippen LogP contribution >= 0.6 is 0 Å². The third kappa shape index (κ3) is 2.46. The molecule has 0 saturated carbocycles. The number of amides is 2. The van der Waals surface area contributed by atoms with Crippen LogP contribution in [0, 0.1) is 0 Å². The molecule has 0 bridgehead atoms. The van der Waals surface area contributed by atoms with Crippen molar-refractivity contribution in [2.24, 2.45) is 0 Å². The Bertz CT molecular complexity index is 552. The minimum Gasteiger partial charge on any atom is -0.480 e. The lowest BCUT2D eigenvalue weighted by Crippen LogP contribution is -2.54. The summed E-state index contributed by atoms with van der Waals surface area (Å²) in [5, 5.41) is 9.39. The molecule has 0 spiro atoms. The first-order chi connectivity index (χ1) is 10.1. The van der Waals surface area contributed by atoms with Gasteiger partial charge in [0.1, 0.15) is 6.04 Å². The Balaban J connectivity index is 1.81. The Morgan fingerprint density at radius 1 is 1.57 bits per heavy atom. The number of nitrogens with one attached hydrogen (secondary N) is 1. The zero-order valence-electron chi connectivity index (χ0n) is 11.8. The molecule has 3 rings (SSSR count). The maximum absolute atomic E-state index is 12.6. The smallest absolute Gasteiger partial charge is 0.326 e. The standard InChI is InChI=1S/C13H18N4O4/c1-16(8-2-3-21-6-8)13(20)17-5-10-9(14-7-15-10)4-11(17)12(18)19/h7-8,11H,2-6H2,1H3,(H,14,15)(H,18,19). The van der Waals surface area contributed by atoms with Gasteiger partial charge < -0.3 is 24.6 Å². The van der Waals surface area contributed by atoms with Gasteiger partial charge in [-0.25, -0.2) is 14.6 Å². The average Bonchev–Trinajstić information content (AvgIpc) is 3.14. The van der Waals surface area contributed by atoms with Crippen molar-refractivity contribution < 1.29 is 19.4 Å². The molecule has 114 valence electrons. The highest BCUT2D eigenvalue weighted by Crippen LogP contribution is 2.23. The lowest BCUT2D eigenvalue weighted by atomic mass is 10.0. The van der Waals surface area contributed by atoms with Crippen molar-refractivity contribution in [1.29, 1.82) is 0 Å². The number of likely N-dealkylation sites (N-methyl/N-ethyl adjacent to an activating group) is 1. The second-order valence-electron chi connectivity index (χ2n) is 5.42. The predicted octanol–water partition coefficient (Wildman–Crippen LogP) is 0.0617. The number of hydrogen-bond donors (Lipinski definition) is 2. The molecule has 1 aromatic heterocycles. The van der Waals surface area contributed by atoms with Crippen LogP contribution in [0.25, 0.3) is 0 Å². The molecule has 2 atom stereocenters. The second kappa shape index (κ2) is 5.36. The molecule has 2 aliphatic heterocycles. The van der Waals surface area contributed by atoms with Crippen molar-refractivity contribution in [3.05, 3.63) is 17.7 Å². The molecule has 1 fully saturated rings. The normalized spacial score (nSPS) is 24.7. The number of carbonyl (C=O) groups is 2. The van der Waals surface area contributed by atoms with Gasteiger partial charge in [0.15, 0.2) is 0 Å². The van der Waals surface area contributed by atoms with Crippen molar-refractivity contribution in [3.63, 3.8) is 0 Å². The van der Waals surface area contributed by atoms with Crippen molar-refractivity contribution >= 4 is 12.0 Å². The number of urea groups is 1. The number of aromatic nitrogens is 2. The van der Waals surface area contributed by atoms with Gasteiger partial charge in [0.05, 0.1) is 36.9 Å². The monoisotopic (exact) mass is 294 g/mol. The molecule has 1 saturated heterocycles. The third-order valence-electron chi connectivity index (χ3n) is 4.18. The van der Waals surface area contributed by atoms with E-state index in [1.54, 1.807) is 11.9 Å². The summed E-state index contributed by atoms with van der Waals surface area (Å²) in [6.07, 6.45) is 2.55. The van der Waals surface area contributed by atoms with E-state index in [4.69, 9.17) is 4.74 Å². The Labute approximate surface area is 121 Å². The largest absolute Gasteiger partial charge is 0.480 e. The Hall–Kier alpha value is -2.09. The van der Waals surface area contributed by atoms with E-state index in [2.05, 4.69) is 9.97 Å². The molecule has 2 amide bonds. The van der Waals surface area contributed by atoms with Crippen molar-refractivity contribution in [1.82, 2.24) is 19.8 Å². The first kappa shape index (κ1) is 13.9. The topological polar surface area (TPSA) is 98.8 Å². The first-order valence-electron chi connectivity index (χ1n) is 6.93. The zero-order chi connectivity index (χ0) is 15.0. The van der Waals surface area contributed by atoms with Gasteiger partial charge in [0.25, 0.3) is 0 Å². The third-order valence-corrected chi connectivity index (χ3v) is 4.18. The summed E-state index contributed by atoms with van der Waals surface area (Å²) in [7, 11) is 1.70. The fourth-order valence-corrected chi connectivity index (χ4v) is 2.84. The molecule has 2 aliphatic rings. The maximum atomic E-state index is 12.6. The van der Waals surface area contributed by atoms with Crippen molar-refractivity contribution in [2.45, 2.75) is 31.5 Å². The molecule has 0 radical (unpaired) electrons. The molecule has 8 nitrogen and oxygen atoms in total. The summed E-state index contributed by atoms with van der Waals surface area (Å²) < 4.78 is 5.29. The first-order valence-corrected chi connectivity index (χ1v) is 6.93. The van der Waals surface area contributed by atoms with Crippen LogP contribution in [-0.2, 0) is 22.5 Å². The van der Waals surface area contributed by atoms with E-state index in [1.165, 1.54) is 11.2 Å². The highest BCUT2D eigenvalue weighted by atomic mass is 16.5. The number of fused-ring (bicyclic) bond motifs is 1. The molecule has 2 N–H and O–H groups in total. The summed E-state index contributed by atoms with van der Waals surface area (Å²) in [5.74, 6) is -1.01. The van der Waals surface area contributed by atoms with Gasteiger partial charge in [-0.2, -0.15) is 0 Å². The van der Waals surface area contributed by atoms with Gasteiger partial charge in [-0.3, -0.25) is 0 Å². The van der Waals surface area contributed by atoms with Gasteiger partial charge in [0.2, 0.25) is 0 Å². The number of ether oxygens (including phenoxy) is 1. The minimum absolute atomic E-state index is 0.00936. The number of carboxylic acid groups (broad SMARTS) is 1. The van der Waals surface area contributed by atoms with Crippen LogP contribution in [0.5, 0.6) is 0 Å². The molecule has 2 unspecified atom stereocenters. The van der Waals surface area contributed by atoms with E-state index >= 15 is 0 Å². The van der Waals surface area contributed by atoms with Crippen LogP contribution in [0.3, 0.4) is 0 Å². The lowest BCUT2D eigenvalue weighted by molar-refractivity contribution is -0.143. The van der Waals surface area contributed by atoms with Crippen LogP contribution in [0.4, 0.5) is 4.79 Å². The summed E-state index contributed by atoms with van der Waals surface area (Å²) >= 11 is 0. The van der Waals surface area contributed by atoms with E-state index in [-0.39, 0.29) is 25.0 Å². The summed E-state index contributed by atoms with van der Waals surface area (Å²) in [6, 6.07) is -1.15. The molecule has 0 aromatic carbocycles. The molecule has 3 heterocycles. The van der Waals surface area contributed by atoms with Crippen LogP contribution in [0.2, 0.25) is 0 Å². The Morgan fingerprint density at radius 3 is 3.05 bits per heavy atom. The summed E-state index contributed by atoms with van der Waals surface area (Å²) in [4.78, 5) is 34.2. The molecule has 1 aromatic rings. The van der Waals surface area contributed by atoms with E-state index in [0.29, 0.717) is 13.2 Å². The number of carbonyl (C=O) groups excluding carboxylic acids is 1. The van der Waals surface area contributed by atoms with Crippen molar-refractivity contribution in [2.75, 3.05) is 20.3 Å². The molecular weight excluding hydrogens is 276 g/mol. The van der Waals surface area contributed by atoms with Gasteiger partial charge in [-0.05, 0) is 6.42 Å². The number of hydrogen-bond acceptors (Lipinski definition) is 4. The van der Waals surface area contributed by atoms with Crippen LogP contribution in [0.15, 0.2) is 6.33 Å². The van der Waals surface area contributed by atoms with E-state index in [1.807, 2.05) is 0 Å². The van der Waals surface area contributed by atoms with Gasteiger partial charge in [-0.1, -0.05) is 0 Å². The highest BCUT2D eigenvalue weighted by molar-refractivity contribution is 5.83. The number of H-pyrrole nitrogens is 1. The van der Waals surface area contributed by atoms with Gasteiger partial charge >= 0.3 is 12.0 Å². The molecule has 0 aliphatic carbocycles. The van der Waals surface area contributed by atoms with Crippen LogP contribution < -0.4 is 0 Å². The zero-order valence-corrected chi connectivity index (χ0v) is 11.8. The molecular formula is C13H18N4O4. The Kier molecular flexibility index (Phi) is 3.54. The summed E-state index contributed by atoms with van der Waals surface area (Å²) in [6.45, 7) is 1.38. The number of rotatable bonds is 2. The predicted molar refractivity (Wildman–Crippen MR) is 71.6 cm³/mol. The van der Waals surface area contributed by atoms with Gasteiger partial charge in [-0.15, -0.1) is 0 Å². The minimum atomic E-state index is -1.01. The average molecular weight is 294 g/mol. The van der Waals surface area contributed by atoms with E-state index in [9.17, 15) is 14.7 Å². The molecule has 8 heteroatoms. The highest BCUT2D eigenvalue weighted by Gasteiger charge is 2.38. The fraction of sp³-hybridized carbons (Fsp3) is 0.615. The van der Waals surface area contributed by atoms with Crippen LogP contribution in [0.1, 0.15) is 17.8 Å². The summed E-state index contributed by atoms with van der Waals surface area (Å²) in [5.41, 5.74) is 1.52. The number of aromatic amines is 1. The quantitative estimate of drug-likeness (QED) is 0.803. The van der Waals surface area contributed by atoms with E-state index < -0.39 is 12.0 Å². The fourth-order valence-electron chi connectivity index (χ4n) is 2.84. The number of imidazole rings is 1. The maximum Gasteiger partial charge on any atom is 0.326 e.